The molecule has 0 aliphatic rings. The van der Waals surface area contributed by atoms with Gasteiger partial charge in [-0.05, 0) is 59.9 Å². The van der Waals surface area contributed by atoms with Gasteiger partial charge in [0.15, 0.2) is 0 Å². The van der Waals surface area contributed by atoms with Gasteiger partial charge in [-0.25, -0.2) is 14.5 Å². The summed E-state index contributed by atoms with van der Waals surface area (Å²) in [5, 5.41) is 0. The number of hydrogen-bond donors (Lipinski definition) is 0. The van der Waals surface area contributed by atoms with Crippen LogP contribution in [0.3, 0.4) is 0 Å². The van der Waals surface area contributed by atoms with E-state index in [2.05, 4.69) is 6.58 Å². The molecule has 0 aliphatic heterocycles. The van der Waals surface area contributed by atoms with Crippen LogP contribution in [0, 0.1) is 5.92 Å². The molecule has 0 bridgehead atoms. The summed E-state index contributed by atoms with van der Waals surface area (Å²) in [7, 11) is 0. The van der Waals surface area contributed by atoms with Crippen LogP contribution in [-0.2, 0) is 25.4 Å². The summed E-state index contributed by atoms with van der Waals surface area (Å²) < 4.78 is 16.2. The number of hydrogen-bond acceptors (Lipinski definition) is 6. The summed E-state index contributed by atoms with van der Waals surface area (Å²) in [5.41, 5.74) is -0.729. The number of carbonyl (C=O) groups is 3. The summed E-state index contributed by atoms with van der Waals surface area (Å²) in [4.78, 5) is 39.6. The van der Waals surface area contributed by atoms with Crippen LogP contribution in [0.25, 0.3) is 0 Å². The van der Waals surface area contributed by atoms with Gasteiger partial charge in [-0.3, -0.25) is 4.79 Å². The van der Waals surface area contributed by atoms with Crippen molar-refractivity contribution in [2.75, 3.05) is 6.61 Å². The van der Waals surface area contributed by atoms with Gasteiger partial charge in [-0.2, -0.15) is 0 Å². The minimum Gasteiger partial charge on any atom is -0.461 e. The summed E-state index contributed by atoms with van der Waals surface area (Å²) in [6.07, 6.45) is 0.361. The van der Waals surface area contributed by atoms with Gasteiger partial charge in [0.1, 0.15) is 17.8 Å². The molecule has 1 rings (SSSR count). The largest absolute Gasteiger partial charge is 0.461 e. The van der Waals surface area contributed by atoms with Crippen molar-refractivity contribution in [1.82, 2.24) is 4.90 Å². The molecule has 0 aliphatic carbocycles. The molecule has 0 radical (unpaired) electrons. The second kappa shape index (κ2) is 11.7. The first-order valence-corrected chi connectivity index (χ1v) is 10.8. The molecule has 0 heterocycles. The molecule has 2 atom stereocenters. The van der Waals surface area contributed by atoms with Gasteiger partial charge in [0.2, 0.25) is 0 Å². The van der Waals surface area contributed by atoms with E-state index in [1.54, 1.807) is 48.5 Å². The van der Waals surface area contributed by atoms with Gasteiger partial charge in [-0.1, -0.05) is 49.9 Å². The standard InChI is InChI=1S/C25H37NO6/c1-9-15-30-21(27)18(2)16-20(17-19-13-11-10-12-14-19)26(22(28)31-24(3,4)5)23(29)32-25(6,7)8/h9-14,18,20H,1,15-17H2,2-8H3/t18-,20+/m0/s1. The van der Waals surface area contributed by atoms with Crippen molar-refractivity contribution in [3.63, 3.8) is 0 Å². The van der Waals surface area contributed by atoms with Crippen LogP contribution in [0.4, 0.5) is 9.59 Å². The molecule has 32 heavy (non-hydrogen) atoms. The lowest BCUT2D eigenvalue weighted by Gasteiger charge is -2.34. The molecule has 1 aromatic carbocycles. The molecule has 0 N–H and O–H groups in total. The monoisotopic (exact) mass is 447 g/mol. The normalized spacial score (nSPS) is 13.5. The zero-order valence-corrected chi connectivity index (χ0v) is 20.3. The van der Waals surface area contributed by atoms with Crippen molar-refractivity contribution in [3.8, 4) is 0 Å². The first kappa shape index (κ1) is 27.2. The van der Waals surface area contributed by atoms with Gasteiger partial charge < -0.3 is 14.2 Å². The molecular formula is C25H37NO6. The molecule has 178 valence electrons. The van der Waals surface area contributed by atoms with Crippen LogP contribution in [0.5, 0.6) is 0 Å². The smallest absolute Gasteiger partial charge is 0.420 e. The van der Waals surface area contributed by atoms with E-state index < -0.39 is 41.3 Å². The van der Waals surface area contributed by atoms with E-state index in [1.165, 1.54) is 6.08 Å². The Hall–Kier alpha value is -2.83. The zero-order chi connectivity index (χ0) is 24.5. The minimum atomic E-state index is -0.820. The number of ether oxygens (including phenoxy) is 3. The molecule has 7 nitrogen and oxygen atoms in total. The predicted molar refractivity (Wildman–Crippen MR) is 123 cm³/mol. The van der Waals surface area contributed by atoms with Gasteiger partial charge >= 0.3 is 18.2 Å². The van der Waals surface area contributed by atoms with Crippen molar-refractivity contribution < 1.29 is 28.6 Å². The quantitative estimate of drug-likeness (QED) is 0.296. The fraction of sp³-hybridized carbons (Fsp3) is 0.560. The van der Waals surface area contributed by atoms with Gasteiger partial charge in [-0.15, -0.1) is 0 Å². The van der Waals surface area contributed by atoms with E-state index in [9.17, 15) is 14.4 Å². The maximum Gasteiger partial charge on any atom is 0.420 e. The Labute approximate surface area is 191 Å². The Morgan fingerprint density at radius 1 is 0.969 bits per heavy atom. The Morgan fingerprint density at radius 2 is 1.47 bits per heavy atom. The lowest BCUT2D eigenvalue weighted by molar-refractivity contribution is -0.147. The van der Waals surface area contributed by atoms with Crippen molar-refractivity contribution in [2.24, 2.45) is 5.92 Å². The number of carbonyl (C=O) groups excluding carboxylic acids is 3. The topological polar surface area (TPSA) is 82.1 Å². The van der Waals surface area contributed by atoms with Crippen molar-refractivity contribution in [3.05, 3.63) is 48.6 Å². The third kappa shape index (κ3) is 9.98. The highest BCUT2D eigenvalue weighted by atomic mass is 16.6. The molecule has 0 fully saturated rings. The van der Waals surface area contributed by atoms with Crippen molar-refractivity contribution in [2.45, 2.75) is 78.6 Å². The number of imide groups is 1. The molecular weight excluding hydrogens is 410 g/mol. The summed E-state index contributed by atoms with van der Waals surface area (Å²) in [6, 6.07) is 8.74. The van der Waals surface area contributed by atoms with Gasteiger partial charge in [0.25, 0.3) is 0 Å². The highest BCUT2D eigenvalue weighted by molar-refractivity contribution is 5.88. The maximum absolute atomic E-state index is 13.1. The van der Waals surface area contributed by atoms with Crippen LogP contribution in [0.2, 0.25) is 0 Å². The van der Waals surface area contributed by atoms with E-state index >= 15 is 0 Å². The molecule has 0 unspecified atom stereocenters. The Bertz CT molecular complexity index is 748. The fourth-order valence-corrected chi connectivity index (χ4v) is 2.95. The van der Waals surface area contributed by atoms with Gasteiger partial charge in [0.05, 0.1) is 12.0 Å². The summed E-state index contributed by atoms with van der Waals surface area (Å²) in [5.74, 6) is -1.01. The Balaban J connectivity index is 3.32. The molecule has 0 aromatic heterocycles. The van der Waals surface area contributed by atoms with E-state index in [-0.39, 0.29) is 13.0 Å². The number of esters is 1. The van der Waals surface area contributed by atoms with E-state index in [4.69, 9.17) is 14.2 Å². The van der Waals surface area contributed by atoms with Gasteiger partial charge in [0, 0.05) is 0 Å². The Kier molecular flexibility index (Phi) is 9.94. The molecule has 0 spiro atoms. The van der Waals surface area contributed by atoms with Crippen LogP contribution >= 0.6 is 0 Å². The maximum atomic E-state index is 13.1. The lowest BCUT2D eigenvalue weighted by Crippen LogP contribution is -2.50. The molecule has 1 aromatic rings. The highest BCUT2D eigenvalue weighted by Gasteiger charge is 2.38. The second-order valence-corrected chi connectivity index (χ2v) is 9.73. The van der Waals surface area contributed by atoms with Crippen molar-refractivity contribution in [1.29, 1.82) is 0 Å². The number of benzene rings is 1. The highest BCUT2D eigenvalue weighted by Crippen LogP contribution is 2.23. The number of rotatable bonds is 8. The number of amides is 2. The average molecular weight is 448 g/mol. The van der Waals surface area contributed by atoms with E-state index in [0.717, 1.165) is 10.5 Å². The number of nitrogens with zero attached hydrogens (tertiary/aromatic N) is 1. The van der Waals surface area contributed by atoms with Crippen LogP contribution in [0.1, 0.15) is 60.5 Å². The minimum absolute atomic E-state index is 0.0916. The lowest BCUT2D eigenvalue weighted by atomic mass is 9.95. The van der Waals surface area contributed by atoms with Crippen LogP contribution < -0.4 is 0 Å². The predicted octanol–water partition coefficient (Wildman–Crippen LogP) is 5.53. The summed E-state index contributed by atoms with van der Waals surface area (Å²) >= 11 is 0. The molecule has 0 saturated heterocycles. The fourth-order valence-electron chi connectivity index (χ4n) is 2.95. The van der Waals surface area contributed by atoms with Crippen LogP contribution in [0.15, 0.2) is 43.0 Å². The zero-order valence-electron chi connectivity index (χ0n) is 20.3. The third-order valence-electron chi connectivity index (χ3n) is 4.23. The Morgan fingerprint density at radius 3 is 1.91 bits per heavy atom. The first-order chi connectivity index (χ1) is 14.7. The summed E-state index contributed by atoms with van der Waals surface area (Å²) in [6.45, 7) is 15.7. The van der Waals surface area contributed by atoms with E-state index in [0.29, 0.717) is 6.42 Å². The second-order valence-electron chi connectivity index (χ2n) is 9.73. The molecule has 0 saturated carbocycles. The van der Waals surface area contributed by atoms with Crippen LogP contribution in [-0.4, -0.2) is 46.9 Å². The molecule has 2 amide bonds. The first-order valence-electron chi connectivity index (χ1n) is 10.8. The van der Waals surface area contributed by atoms with E-state index in [1.807, 2.05) is 30.3 Å². The third-order valence-corrected chi connectivity index (χ3v) is 4.23. The molecule has 7 heteroatoms. The average Bonchev–Trinajstić information content (AvgIpc) is 2.63. The SMILES string of the molecule is C=CCOC(=O)[C@@H](C)C[C@H](Cc1ccccc1)N(C(=O)OC(C)(C)C)C(=O)OC(C)(C)C. The van der Waals surface area contributed by atoms with Crippen molar-refractivity contribution >= 4 is 18.2 Å².